The summed E-state index contributed by atoms with van der Waals surface area (Å²) in [6.07, 6.45) is -4.25. The van der Waals surface area contributed by atoms with E-state index in [2.05, 4.69) is 15.0 Å². The highest BCUT2D eigenvalue weighted by molar-refractivity contribution is 5.03. The van der Waals surface area contributed by atoms with Crippen molar-refractivity contribution in [3.05, 3.63) is 38.9 Å². The largest absolute Gasteiger partial charge is 0.393 e. The first-order chi connectivity index (χ1) is 9.45. The van der Waals surface area contributed by atoms with Crippen LogP contribution < -0.4 is 5.69 Å². The SMILES string of the molecule is Cc1ccn([C@@H]2O[C@@](CO)(N=[N+]=[N-])[C@@H](O)[C@H]2F)c(=O)n1. The molecule has 0 aromatic carbocycles. The molecule has 0 radical (unpaired) electrons. The number of alkyl halides is 1. The summed E-state index contributed by atoms with van der Waals surface area (Å²) < 4.78 is 20.0. The average Bonchev–Trinajstić information content (AvgIpc) is 2.65. The van der Waals surface area contributed by atoms with Crippen LogP contribution in [0.3, 0.4) is 0 Å². The Balaban J connectivity index is 2.45. The third-order valence-electron chi connectivity index (χ3n) is 3.04. The summed E-state index contributed by atoms with van der Waals surface area (Å²) in [7, 11) is 0. The van der Waals surface area contributed by atoms with E-state index in [-0.39, 0.29) is 0 Å². The Kier molecular flexibility index (Phi) is 3.73. The molecule has 20 heavy (non-hydrogen) atoms. The lowest BCUT2D eigenvalue weighted by molar-refractivity contribution is -0.124. The van der Waals surface area contributed by atoms with Gasteiger partial charge >= 0.3 is 5.69 Å². The standard InChI is InChI=1S/C10H12FN5O4/c1-5-2-3-16(9(19)13-5)8-6(11)7(18)10(4-17,20-8)14-15-12/h2-3,6-8,17-18H,4H2,1H3/t6-,7+,8-,10-/m1/s1. The van der Waals surface area contributed by atoms with Gasteiger partial charge in [0, 0.05) is 16.8 Å². The summed E-state index contributed by atoms with van der Waals surface area (Å²) in [5.41, 5.74) is 5.92. The molecular formula is C10H12FN5O4. The molecule has 4 atom stereocenters. The number of nitrogens with zero attached hydrogens (tertiary/aromatic N) is 5. The Labute approximate surface area is 111 Å². The molecule has 1 fully saturated rings. The normalized spacial score (nSPS) is 32.9. The van der Waals surface area contributed by atoms with Gasteiger partial charge in [-0.1, -0.05) is 5.11 Å². The van der Waals surface area contributed by atoms with E-state index in [0.717, 1.165) is 4.57 Å². The molecule has 2 rings (SSSR count). The van der Waals surface area contributed by atoms with Crippen LogP contribution in [-0.2, 0) is 4.74 Å². The summed E-state index contributed by atoms with van der Waals surface area (Å²) in [4.78, 5) is 17.7. The number of aromatic nitrogens is 2. The Morgan fingerprint density at radius 3 is 3.00 bits per heavy atom. The van der Waals surface area contributed by atoms with Crippen LogP contribution >= 0.6 is 0 Å². The second-order valence-electron chi connectivity index (χ2n) is 4.35. The van der Waals surface area contributed by atoms with Crippen molar-refractivity contribution in [2.45, 2.75) is 31.2 Å². The van der Waals surface area contributed by atoms with E-state index in [4.69, 9.17) is 10.3 Å². The monoisotopic (exact) mass is 285 g/mol. The van der Waals surface area contributed by atoms with E-state index >= 15 is 0 Å². The fourth-order valence-electron chi connectivity index (χ4n) is 1.97. The van der Waals surface area contributed by atoms with E-state index in [0.29, 0.717) is 5.69 Å². The quantitative estimate of drug-likeness (QED) is 0.450. The van der Waals surface area contributed by atoms with Gasteiger partial charge < -0.3 is 14.9 Å². The minimum atomic E-state index is -2.16. The Hall–Kier alpha value is -2.00. The summed E-state index contributed by atoms with van der Waals surface area (Å²) in [5, 5.41) is 22.1. The van der Waals surface area contributed by atoms with Crippen LogP contribution in [0, 0.1) is 6.92 Å². The summed E-state index contributed by atoms with van der Waals surface area (Å²) in [5.74, 6) is 0. The van der Waals surface area contributed by atoms with E-state index in [9.17, 15) is 19.4 Å². The maximum absolute atomic E-state index is 14.1. The van der Waals surface area contributed by atoms with Crippen LogP contribution in [0.5, 0.6) is 0 Å². The number of aryl methyl sites for hydroxylation is 1. The Bertz CT molecular complexity index is 616. The average molecular weight is 285 g/mol. The van der Waals surface area contributed by atoms with E-state index < -0.39 is 36.5 Å². The van der Waals surface area contributed by atoms with Gasteiger partial charge in [-0.15, -0.1) is 0 Å². The molecule has 108 valence electrons. The highest BCUT2D eigenvalue weighted by Gasteiger charge is 2.56. The fourth-order valence-corrected chi connectivity index (χ4v) is 1.97. The zero-order valence-corrected chi connectivity index (χ0v) is 10.4. The van der Waals surface area contributed by atoms with Gasteiger partial charge in [0.15, 0.2) is 12.4 Å². The molecule has 0 aliphatic carbocycles. The Morgan fingerprint density at radius 1 is 1.75 bits per heavy atom. The second kappa shape index (κ2) is 5.17. The van der Waals surface area contributed by atoms with Gasteiger partial charge in [-0.25, -0.2) is 9.18 Å². The molecule has 1 aromatic rings. The van der Waals surface area contributed by atoms with Crippen molar-refractivity contribution in [3.63, 3.8) is 0 Å². The third kappa shape index (κ3) is 2.14. The molecule has 0 amide bonds. The number of hydrogen-bond donors (Lipinski definition) is 2. The molecule has 1 saturated heterocycles. The fraction of sp³-hybridized carbons (Fsp3) is 0.600. The van der Waals surface area contributed by atoms with Crippen LogP contribution in [0.15, 0.2) is 22.2 Å². The number of ether oxygens (including phenoxy) is 1. The maximum Gasteiger partial charge on any atom is 0.349 e. The summed E-state index contributed by atoms with van der Waals surface area (Å²) in [6, 6.07) is 1.45. The van der Waals surface area contributed by atoms with Gasteiger partial charge in [-0.3, -0.25) is 4.57 Å². The molecule has 9 nitrogen and oxygen atoms in total. The first kappa shape index (κ1) is 14.4. The lowest BCUT2D eigenvalue weighted by Gasteiger charge is -2.23. The lowest BCUT2D eigenvalue weighted by atomic mass is 10.1. The van der Waals surface area contributed by atoms with Gasteiger partial charge in [-0.05, 0) is 18.5 Å². The van der Waals surface area contributed by atoms with Crippen LogP contribution in [0.2, 0.25) is 0 Å². The van der Waals surface area contributed by atoms with Crippen molar-refractivity contribution >= 4 is 0 Å². The number of halogens is 1. The smallest absolute Gasteiger partial charge is 0.349 e. The van der Waals surface area contributed by atoms with Gasteiger partial charge in [0.2, 0.25) is 5.72 Å². The van der Waals surface area contributed by atoms with Crippen molar-refractivity contribution in [2.24, 2.45) is 5.11 Å². The number of rotatable bonds is 3. The predicted molar refractivity (Wildman–Crippen MR) is 63.2 cm³/mol. The second-order valence-corrected chi connectivity index (χ2v) is 4.35. The van der Waals surface area contributed by atoms with E-state index in [1.165, 1.54) is 12.3 Å². The zero-order chi connectivity index (χ0) is 14.9. The van der Waals surface area contributed by atoms with Crippen molar-refractivity contribution in [1.82, 2.24) is 9.55 Å². The number of aliphatic hydroxyl groups is 2. The lowest BCUT2D eigenvalue weighted by Crippen LogP contribution is -2.43. The Morgan fingerprint density at radius 2 is 2.45 bits per heavy atom. The molecule has 1 aliphatic heterocycles. The molecule has 0 saturated carbocycles. The molecule has 2 heterocycles. The van der Waals surface area contributed by atoms with Gasteiger partial charge in [0.25, 0.3) is 0 Å². The van der Waals surface area contributed by atoms with Crippen LogP contribution in [-0.4, -0.2) is 44.4 Å². The van der Waals surface area contributed by atoms with Crippen LogP contribution in [0.4, 0.5) is 4.39 Å². The van der Waals surface area contributed by atoms with Gasteiger partial charge in [0.05, 0.1) is 6.61 Å². The van der Waals surface area contributed by atoms with Crippen molar-refractivity contribution < 1.29 is 19.3 Å². The van der Waals surface area contributed by atoms with Crippen LogP contribution in [0.25, 0.3) is 10.4 Å². The highest BCUT2D eigenvalue weighted by Crippen LogP contribution is 2.39. The first-order valence-corrected chi connectivity index (χ1v) is 5.68. The highest BCUT2D eigenvalue weighted by atomic mass is 19.1. The topological polar surface area (TPSA) is 133 Å². The minimum Gasteiger partial charge on any atom is -0.393 e. The van der Waals surface area contributed by atoms with Crippen LogP contribution in [0.1, 0.15) is 11.9 Å². The number of hydrogen-bond acceptors (Lipinski definition) is 6. The third-order valence-corrected chi connectivity index (χ3v) is 3.04. The van der Waals surface area contributed by atoms with Crippen molar-refractivity contribution in [3.8, 4) is 0 Å². The number of aliphatic hydroxyl groups excluding tert-OH is 2. The first-order valence-electron chi connectivity index (χ1n) is 5.68. The molecule has 2 N–H and O–H groups in total. The minimum absolute atomic E-state index is 0.434. The molecule has 0 bridgehead atoms. The van der Waals surface area contributed by atoms with E-state index in [1.54, 1.807) is 6.92 Å². The maximum atomic E-state index is 14.1. The molecule has 1 aliphatic rings. The molecule has 1 aromatic heterocycles. The van der Waals surface area contributed by atoms with Gasteiger partial charge in [0.1, 0.15) is 6.10 Å². The summed E-state index contributed by atoms with van der Waals surface area (Å²) in [6.45, 7) is 0.657. The summed E-state index contributed by atoms with van der Waals surface area (Å²) >= 11 is 0. The van der Waals surface area contributed by atoms with E-state index in [1.807, 2.05) is 0 Å². The molecule has 0 spiro atoms. The van der Waals surface area contributed by atoms with Gasteiger partial charge in [-0.2, -0.15) is 4.98 Å². The van der Waals surface area contributed by atoms with Crippen molar-refractivity contribution in [2.75, 3.05) is 6.61 Å². The molecule has 0 unspecified atom stereocenters. The van der Waals surface area contributed by atoms with Crippen molar-refractivity contribution in [1.29, 1.82) is 0 Å². The predicted octanol–water partition coefficient (Wildman–Crippen LogP) is -0.222. The number of azide groups is 1. The molecule has 10 heteroatoms. The zero-order valence-electron chi connectivity index (χ0n) is 10.4. The molecular weight excluding hydrogens is 273 g/mol.